The van der Waals surface area contributed by atoms with Gasteiger partial charge in [0.1, 0.15) is 5.82 Å². The molecule has 2 heterocycles. The number of benzene rings is 2. The number of rotatable bonds is 5. The highest BCUT2D eigenvalue weighted by Crippen LogP contribution is 2.23. The number of hydrogen-bond acceptors (Lipinski definition) is 4. The molecule has 6 nitrogen and oxygen atoms in total. The van der Waals surface area contributed by atoms with E-state index in [9.17, 15) is 9.18 Å². The number of aryl methyl sites for hydroxylation is 1. The van der Waals surface area contributed by atoms with Gasteiger partial charge in [0, 0.05) is 11.6 Å². The number of hydrogen-bond donors (Lipinski definition) is 1. The van der Waals surface area contributed by atoms with Crippen LogP contribution in [0, 0.1) is 19.7 Å². The van der Waals surface area contributed by atoms with E-state index in [0.29, 0.717) is 23.7 Å². The van der Waals surface area contributed by atoms with Crippen molar-refractivity contribution in [2.75, 3.05) is 5.32 Å². The largest absolute Gasteiger partial charge is 0.355 e. The van der Waals surface area contributed by atoms with Crippen LogP contribution in [0.5, 0.6) is 0 Å². The van der Waals surface area contributed by atoms with Crippen molar-refractivity contribution in [2.45, 2.75) is 20.4 Å². The Labute approximate surface area is 167 Å². The fourth-order valence-electron chi connectivity index (χ4n) is 3.14. The Bertz CT molecular complexity index is 1160. The lowest BCUT2D eigenvalue weighted by atomic mass is 10.1. The number of nitrogens with zero attached hydrogens (tertiary/aromatic N) is 3. The molecule has 0 saturated carbocycles. The van der Waals surface area contributed by atoms with E-state index in [0.717, 1.165) is 16.8 Å². The minimum Gasteiger partial charge on any atom is -0.355 e. The van der Waals surface area contributed by atoms with E-state index >= 15 is 0 Å². The van der Waals surface area contributed by atoms with Crippen molar-refractivity contribution >= 4 is 11.6 Å². The summed E-state index contributed by atoms with van der Waals surface area (Å²) in [5, 5.41) is 11.2. The molecule has 0 spiro atoms. The van der Waals surface area contributed by atoms with Gasteiger partial charge in [0.25, 0.3) is 5.91 Å². The van der Waals surface area contributed by atoms with Gasteiger partial charge in [-0.3, -0.25) is 9.48 Å². The number of nitrogens with one attached hydrogen (secondary N) is 1. The molecule has 7 heteroatoms. The molecule has 146 valence electrons. The van der Waals surface area contributed by atoms with Gasteiger partial charge in [-0.15, -0.1) is 0 Å². The summed E-state index contributed by atoms with van der Waals surface area (Å²) in [5.41, 5.74) is 3.86. The zero-order valence-electron chi connectivity index (χ0n) is 16.0. The zero-order chi connectivity index (χ0) is 20.4. The summed E-state index contributed by atoms with van der Waals surface area (Å²) in [5.74, 6) is -0.156. The lowest BCUT2D eigenvalue weighted by molar-refractivity contribution is 0.101. The SMILES string of the molecule is Cc1nn(Cc2cccc(F)c2)c(C)c1NC(=O)c1cc(-c2ccccc2)on1. The van der Waals surface area contributed by atoms with Crippen LogP contribution in [0.25, 0.3) is 11.3 Å². The molecule has 0 bridgehead atoms. The second-order valence-electron chi connectivity index (χ2n) is 6.73. The van der Waals surface area contributed by atoms with E-state index in [2.05, 4.69) is 15.6 Å². The maximum Gasteiger partial charge on any atom is 0.277 e. The van der Waals surface area contributed by atoms with Crippen LogP contribution in [0.1, 0.15) is 27.4 Å². The first-order chi connectivity index (χ1) is 14.0. The van der Waals surface area contributed by atoms with E-state index in [1.54, 1.807) is 16.8 Å². The van der Waals surface area contributed by atoms with Gasteiger partial charge in [-0.05, 0) is 31.5 Å². The van der Waals surface area contributed by atoms with Gasteiger partial charge in [-0.2, -0.15) is 5.10 Å². The summed E-state index contributed by atoms with van der Waals surface area (Å²) >= 11 is 0. The van der Waals surface area contributed by atoms with Crippen molar-refractivity contribution in [3.8, 4) is 11.3 Å². The van der Waals surface area contributed by atoms with E-state index in [1.807, 2.05) is 50.2 Å². The maximum absolute atomic E-state index is 13.4. The van der Waals surface area contributed by atoms with E-state index in [4.69, 9.17) is 4.52 Å². The molecule has 29 heavy (non-hydrogen) atoms. The van der Waals surface area contributed by atoms with Gasteiger partial charge >= 0.3 is 0 Å². The van der Waals surface area contributed by atoms with Crippen LogP contribution in [0.2, 0.25) is 0 Å². The van der Waals surface area contributed by atoms with Crippen molar-refractivity contribution in [2.24, 2.45) is 0 Å². The van der Waals surface area contributed by atoms with Crippen molar-refractivity contribution in [3.63, 3.8) is 0 Å². The Morgan fingerprint density at radius 1 is 1.10 bits per heavy atom. The Kier molecular flexibility index (Phi) is 4.95. The van der Waals surface area contributed by atoms with Crippen LogP contribution < -0.4 is 5.32 Å². The second kappa shape index (κ2) is 7.71. The van der Waals surface area contributed by atoms with Crippen molar-refractivity contribution in [3.05, 3.63) is 89.1 Å². The number of amides is 1. The molecule has 2 aromatic heterocycles. The molecular weight excluding hydrogens is 371 g/mol. The molecule has 0 aliphatic rings. The molecule has 0 unspecified atom stereocenters. The highest BCUT2D eigenvalue weighted by molar-refractivity contribution is 6.03. The number of carbonyl (C=O) groups excluding carboxylic acids is 1. The van der Waals surface area contributed by atoms with Crippen molar-refractivity contribution < 1.29 is 13.7 Å². The summed E-state index contributed by atoms with van der Waals surface area (Å²) in [7, 11) is 0. The molecule has 4 rings (SSSR count). The molecule has 1 amide bonds. The summed E-state index contributed by atoms with van der Waals surface area (Å²) in [6, 6.07) is 17.4. The minimum absolute atomic E-state index is 0.181. The van der Waals surface area contributed by atoms with Gasteiger partial charge in [-0.1, -0.05) is 47.6 Å². The predicted molar refractivity (Wildman–Crippen MR) is 107 cm³/mol. The minimum atomic E-state index is -0.382. The lowest BCUT2D eigenvalue weighted by Crippen LogP contribution is -2.13. The molecule has 0 saturated heterocycles. The van der Waals surface area contributed by atoms with Gasteiger partial charge in [-0.25, -0.2) is 4.39 Å². The van der Waals surface area contributed by atoms with Gasteiger partial charge in [0.15, 0.2) is 11.5 Å². The Morgan fingerprint density at radius 3 is 2.66 bits per heavy atom. The first-order valence-corrected chi connectivity index (χ1v) is 9.13. The molecule has 0 fully saturated rings. The molecule has 0 aliphatic heterocycles. The summed E-state index contributed by atoms with van der Waals surface area (Å²) in [6.45, 7) is 4.07. The molecule has 0 radical (unpaired) electrons. The highest BCUT2D eigenvalue weighted by Gasteiger charge is 2.18. The molecule has 1 N–H and O–H groups in total. The van der Waals surface area contributed by atoms with Crippen LogP contribution >= 0.6 is 0 Å². The van der Waals surface area contributed by atoms with Gasteiger partial charge in [0.2, 0.25) is 0 Å². The van der Waals surface area contributed by atoms with Crippen LogP contribution in [0.4, 0.5) is 10.1 Å². The van der Waals surface area contributed by atoms with E-state index in [1.165, 1.54) is 12.1 Å². The summed E-state index contributed by atoms with van der Waals surface area (Å²) in [4.78, 5) is 12.7. The topological polar surface area (TPSA) is 73.0 Å². The third-order valence-corrected chi connectivity index (χ3v) is 4.64. The molecule has 2 aromatic carbocycles. The number of carbonyl (C=O) groups is 1. The number of halogens is 1. The molecule has 0 aliphatic carbocycles. The Morgan fingerprint density at radius 2 is 1.90 bits per heavy atom. The van der Waals surface area contributed by atoms with Crippen molar-refractivity contribution in [1.29, 1.82) is 0 Å². The van der Waals surface area contributed by atoms with Crippen LogP contribution in [-0.2, 0) is 6.54 Å². The van der Waals surface area contributed by atoms with Crippen LogP contribution in [-0.4, -0.2) is 20.8 Å². The predicted octanol–water partition coefficient (Wildman–Crippen LogP) is 4.59. The monoisotopic (exact) mass is 390 g/mol. The lowest BCUT2D eigenvalue weighted by Gasteiger charge is -2.06. The van der Waals surface area contributed by atoms with Gasteiger partial charge in [0.05, 0.1) is 23.6 Å². The fraction of sp³-hybridized carbons (Fsp3) is 0.136. The third-order valence-electron chi connectivity index (χ3n) is 4.64. The molecular formula is C22H19FN4O2. The van der Waals surface area contributed by atoms with E-state index < -0.39 is 0 Å². The van der Waals surface area contributed by atoms with E-state index in [-0.39, 0.29) is 17.4 Å². The maximum atomic E-state index is 13.4. The zero-order valence-corrected chi connectivity index (χ0v) is 16.0. The average Bonchev–Trinajstić information content (AvgIpc) is 3.30. The number of anilines is 1. The second-order valence-corrected chi connectivity index (χ2v) is 6.73. The third kappa shape index (κ3) is 3.94. The molecule has 0 atom stereocenters. The quantitative estimate of drug-likeness (QED) is 0.541. The fourth-order valence-corrected chi connectivity index (χ4v) is 3.14. The first-order valence-electron chi connectivity index (χ1n) is 9.13. The molecule has 4 aromatic rings. The van der Waals surface area contributed by atoms with Crippen LogP contribution in [0.15, 0.2) is 65.2 Å². The summed E-state index contributed by atoms with van der Waals surface area (Å²) < 4.78 is 20.5. The van der Waals surface area contributed by atoms with Crippen LogP contribution in [0.3, 0.4) is 0 Å². The highest BCUT2D eigenvalue weighted by atomic mass is 19.1. The first kappa shape index (κ1) is 18.6. The Hall–Kier alpha value is -3.74. The summed E-state index contributed by atoms with van der Waals surface area (Å²) in [6.07, 6.45) is 0. The van der Waals surface area contributed by atoms with Gasteiger partial charge < -0.3 is 9.84 Å². The average molecular weight is 390 g/mol. The Balaban J connectivity index is 1.53. The van der Waals surface area contributed by atoms with Crippen molar-refractivity contribution in [1.82, 2.24) is 14.9 Å². The number of aromatic nitrogens is 3. The smallest absolute Gasteiger partial charge is 0.277 e. The standard InChI is InChI=1S/C22H19FN4O2/c1-14-21(15(2)27(25-14)13-16-7-6-10-18(23)11-16)24-22(28)19-12-20(29-26-19)17-8-4-3-5-9-17/h3-12H,13H2,1-2H3,(H,24,28). The normalized spacial score (nSPS) is 10.9.